The summed E-state index contributed by atoms with van der Waals surface area (Å²) in [5.41, 5.74) is -0.866. The minimum absolute atomic E-state index is 0.0205. The van der Waals surface area contributed by atoms with Gasteiger partial charge in [-0.05, 0) is 18.6 Å². The van der Waals surface area contributed by atoms with Crippen LogP contribution in [0.2, 0.25) is 4.34 Å². The zero-order valence-electron chi connectivity index (χ0n) is 10.7. The molecule has 0 radical (unpaired) electrons. The van der Waals surface area contributed by atoms with Gasteiger partial charge in [-0.3, -0.25) is 4.79 Å². The Bertz CT molecular complexity index is 599. The molecule has 9 heteroatoms. The van der Waals surface area contributed by atoms with Crippen molar-refractivity contribution in [2.45, 2.75) is 29.5 Å². The number of aliphatic carboxylic acids is 1. The molecule has 0 aliphatic carbocycles. The number of carboxylic acid groups (broad SMARTS) is 1. The minimum atomic E-state index is -3.92. The number of carboxylic acids is 1. The molecule has 1 aromatic rings. The van der Waals surface area contributed by atoms with Crippen molar-refractivity contribution in [1.82, 2.24) is 4.72 Å². The van der Waals surface area contributed by atoms with Crippen molar-refractivity contribution < 1.29 is 23.1 Å². The van der Waals surface area contributed by atoms with Gasteiger partial charge in [0, 0.05) is 26.1 Å². The normalized spacial score (nSPS) is 18.9. The molecule has 1 fully saturated rings. The van der Waals surface area contributed by atoms with E-state index < -0.39 is 21.5 Å². The topological polar surface area (TPSA) is 92.7 Å². The van der Waals surface area contributed by atoms with E-state index in [0.717, 1.165) is 11.3 Å². The summed E-state index contributed by atoms with van der Waals surface area (Å²) in [5, 5.41) is 9.35. The summed E-state index contributed by atoms with van der Waals surface area (Å²) in [4.78, 5) is 11.5. The van der Waals surface area contributed by atoms with Gasteiger partial charge in [0.2, 0.25) is 0 Å². The van der Waals surface area contributed by atoms with Crippen LogP contribution in [0, 0.1) is 6.92 Å². The Hall–Kier alpha value is -0.670. The first-order valence-corrected chi connectivity index (χ1v) is 8.56. The number of hydrogen-bond acceptors (Lipinski definition) is 5. The Balaban J connectivity index is 2.32. The van der Waals surface area contributed by atoms with Crippen molar-refractivity contribution in [3.63, 3.8) is 0 Å². The van der Waals surface area contributed by atoms with Crippen molar-refractivity contribution in [2.75, 3.05) is 13.2 Å². The molecule has 1 aromatic heterocycles. The van der Waals surface area contributed by atoms with E-state index in [1.807, 2.05) is 0 Å². The number of halogens is 1. The summed E-state index contributed by atoms with van der Waals surface area (Å²) in [5.74, 6) is -1.19. The summed E-state index contributed by atoms with van der Waals surface area (Å²) in [6, 6.07) is 1.43. The molecule has 0 amide bonds. The lowest BCUT2D eigenvalue weighted by Gasteiger charge is -2.33. The maximum atomic E-state index is 12.3. The number of aryl methyl sites for hydroxylation is 1. The Morgan fingerprint density at radius 1 is 1.50 bits per heavy atom. The van der Waals surface area contributed by atoms with Crippen LogP contribution in [0.15, 0.2) is 10.3 Å². The number of sulfonamides is 1. The Morgan fingerprint density at radius 2 is 2.10 bits per heavy atom. The Kier molecular flexibility index (Phi) is 4.41. The zero-order valence-corrected chi connectivity index (χ0v) is 13.1. The lowest BCUT2D eigenvalue weighted by Crippen LogP contribution is -2.57. The van der Waals surface area contributed by atoms with E-state index in [4.69, 9.17) is 16.3 Å². The van der Waals surface area contributed by atoms with E-state index in [0.29, 0.717) is 9.90 Å². The average Bonchev–Trinajstić information content (AvgIpc) is 2.71. The van der Waals surface area contributed by atoms with Crippen LogP contribution in [0.1, 0.15) is 18.4 Å². The van der Waals surface area contributed by atoms with Gasteiger partial charge in [-0.2, -0.15) is 4.72 Å². The van der Waals surface area contributed by atoms with Crippen molar-refractivity contribution in [2.24, 2.45) is 0 Å². The lowest BCUT2D eigenvalue weighted by atomic mass is 9.92. The fraction of sp³-hybridized carbons (Fsp3) is 0.545. The molecule has 2 rings (SSSR count). The van der Waals surface area contributed by atoms with Crippen LogP contribution < -0.4 is 4.72 Å². The highest BCUT2D eigenvalue weighted by molar-refractivity contribution is 7.91. The molecule has 0 bridgehead atoms. The second-order valence-corrected chi connectivity index (χ2v) is 8.19. The van der Waals surface area contributed by atoms with Crippen LogP contribution in [0.3, 0.4) is 0 Å². The van der Waals surface area contributed by atoms with E-state index in [1.165, 1.54) is 6.07 Å². The van der Waals surface area contributed by atoms with E-state index >= 15 is 0 Å². The molecule has 0 atom stereocenters. The van der Waals surface area contributed by atoms with Gasteiger partial charge < -0.3 is 9.84 Å². The van der Waals surface area contributed by atoms with Crippen LogP contribution in [0.5, 0.6) is 0 Å². The monoisotopic (exact) mass is 339 g/mol. The number of rotatable bonds is 4. The van der Waals surface area contributed by atoms with Gasteiger partial charge in [-0.1, -0.05) is 11.6 Å². The molecule has 1 aliphatic rings. The van der Waals surface area contributed by atoms with Gasteiger partial charge in [0.1, 0.15) is 9.75 Å². The number of hydrogen-bond donors (Lipinski definition) is 2. The fourth-order valence-corrected chi connectivity index (χ4v) is 5.08. The third-order valence-corrected chi connectivity index (χ3v) is 6.75. The van der Waals surface area contributed by atoms with E-state index in [-0.39, 0.29) is 30.3 Å². The number of nitrogens with one attached hydrogen (secondary N) is 1. The van der Waals surface area contributed by atoms with Gasteiger partial charge in [-0.25, -0.2) is 8.42 Å². The Morgan fingerprint density at radius 3 is 2.55 bits per heavy atom. The molecule has 0 unspecified atom stereocenters. The van der Waals surface area contributed by atoms with Crippen molar-refractivity contribution in [3.05, 3.63) is 16.0 Å². The van der Waals surface area contributed by atoms with Crippen LogP contribution >= 0.6 is 22.9 Å². The summed E-state index contributed by atoms with van der Waals surface area (Å²) in [7, 11) is -3.92. The second-order valence-electron chi connectivity index (χ2n) is 4.63. The standard InChI is InChI=1S/C11H14ClNO5S2/c1-7-6-8(19-9(7)12)20(16,17)13-11(10(14)15)2-4-18-5-3-11/h6,13H,2-5H2,1H3,(H,14,15). The van der Waals surface area contributed by atoms with Crippen molar-refractivity contribution in [3.8, 4) is 0 Å². The summed E-state index contributed by atoms with van der Waals surface area (Å²) in [6.45, 7) is 2.11. The highest BCUT2D eigenvalue weighted by Crippen LogP contribution is 2.32. The molecule has 2 heterocycles. The molecule has 1 aliphatic heterocycles. The lowest BCUT2D eigenvalue weighted by molar-refractivity contribution is -0.147. The predicted molar refractivity (Wildman–Crippen MR) is 74.8 cm³/mol. The highest BCUT2D eigenvalue weighted by atomic mass is 35.5. The number of ether oxygens (including phenoxy) is 1. The molecule has 0 saturated carbocycles. The smallest absolute Gasteiger partial charge is 0.325 e. The second kappa shape index (κ2) is 5.61. The van der Waals surface area contributed by atoms with Crippen LogP contribution in [-0.4, -0.2) is 38.2 Å². The fourth-order valence-electron chi connectivity index (χ4n) is 1.95. The molecule has 6 nitrogen and oxygen atoms in total. The highest BCUT2D eigenvalue weighted by Gasteiger charge is 2.44. The van der Waals surface area contributed by atoms with Crippen molar-refractivity contribution >= 4 is 38.9 Å². The average molecular weight is 340 g/mol. The first kappa shape index (κ1) is 15.7. The van der Waals surface area contributed by atoms with Crippen LogP contribution in [0.4, 0.5) is 0 Å². The van der Waals surface area contributed by atoms with Gasteiger partial charge in [-0.15, -0.1) is 11.3 Å². The molecule has 20 heavy (non-hydrogen) atoms. The SMILES string of the molecule is Cc1cc(S(=O)(=O)NC2(C(=O)O)CCOCC2)sc1Cl. The predicted octanol–water partition coefficient (Wildman–Crippen LogP) is 1.62. The summed E-state index contributed by atoms with van der Waals surface area (Å²) in [6.07, 6.45) is 0.194. The van der Waals surface area contributed by atoms with Crippen LogP contribution in [0.25, 0.3) is 0 Å². The minimum Gasteiger partial charge on any atom is -0.480 e. The molecule has 0 aromatic carbocycles. The Labute approximate surface area is 125 Å². The van der Waals surface area contributed by atoms with Crippen molar-refractivity contribution in [1.29, 1.82) is 0 Å². The molecule has 0 spiro atoms. The third-order valence-electron chi connectivity index (χ3n) is 3.18. The first-order chi connectivity index (χ1) is 9.27. The van der Waals surface area contributed by atoms with E-state index in [2.05, 4.69) is 4.72 Å². The molecule has 2 N–H and O–H groups in total. The van der Waals surface area contributed by atoms with Gasteiger partial charge >= 0.3 is 5.97 Å². The summed E-state index contributed by atoms with van der Waals surface area (Å²) >= 11 is 6.78. The maximum absolute atomic E-state index is 12.3. The third kappa shape index (κ3) is 2.99. The molecule has 112 valence electrons. The van der Waals surface area contributed by atoms with Gasteiger partial charge in [0.25, 0.3) is 10.0 Å². The molecule has 1 saturated heterocycles. The first-order valence-electron chi connectivity index (χ1n) is 5.88. The van der Waals surface area contributed by atoms with Gasteiger partial charge in [0.05, 0.1) is 4.34 Å². The van der Waals surface area contributed by atoms with Crippen LogP contribution in [-0.2, 0) is 19.6 Å². The summed E-state index contributed by atoms with van der Waals surface area (Å²) < 4.78 is 32.4. The number of carbonyl (C=O) groups is 1. The van der Waals surface area contributed by atoms with Gasteiger partial charge in [0.15, 0.2) is 0 Å². The number of thiophene rings is 1. The largest absolute Gasteiger partial charge is 0.480 e. The maximum Gasteiger partial charge on any atom is 0.325 e. The van der Waals surface area contributed by atoms with E-state index in [9.17, 15) is 18.3 Å². The quantitative estimate of drug-likeness (QED) is 0.869. The molecular weight excluding hydrogens is 326 g/mol. The molecular formula is C11H14ClNO5S2. The zero-order chi connectivity index (χ0) is 15.0. The van der Waals surface area contributed by atoms with E-state index in [1.54, 1.807) is 6.92 Å².